The molecule has 6 heteroatoms. The molecule has 1 aliphatic heterocycles. The van der Waals surface area contributed by atoms with E-state index in [4.69, 9.17) is 5.11 Å². The highest BCUT2D eigenvalue weighted by Crippen LogP contribution is 2.42. The van der Waals surface area contributed by atoms with Gasteiger partial charge in [-0.2, -0.15) is 0 Å². The number of carbonyl (C=O) groups is 1. The van der Waals surface area contributed by atoms with E-state index in [1.54, 1.807) is 26.0 Å². The molecule has 0 fully saturated rings. The summed E-state index contributed by atoms with van der Waals surface area (Å²) < 4.78 is 27.1. The fraction of sp³-hybridized carbons (Fsp3) is 0.421. The molecule has 1 N–H and O–H groups in total. The van der Waals surface area contributed by atoms with Crippen LogP contribution in [0.3, 0.4) is 0 Å². The Morgan fingerprint density at radius 3 is 2.44 bits per heavy atom. The van der Waals surface area contributed by atoms with Crippen molar-refractivity contribution in [1.29, 1.82) is 0 Å². The van der Waals surface area contributed by atoms with Crippen LogP contribution >= 0.6 is 0 Å². The van der Waals surface area contributed by atoms with Crippen molar-refractivity contribution in [3.63, 3.8) is 0 Å². The summed E-state index contributed by atoms with van der Waals surface area (Å²) in [7, 11) is -3.49. The molecule has 3 rings (SSSR count). The third-order valence-corrected chi connectivity index (χ3v) is 6.78. The number of aliphatic carboxylic acids is 1. The van der Waals surface area contributed by atoms with E-state index >= 15 is 0 Å². The van der Waals surface area contributed by atoms with Crippen molar-refractivity contribution < 1.29 is 18.3 Å². The molecule has 1 heterocycles. The van der Waals surface area contributed by atoms with E-state index in [2.05, 4.69) is 0 Å². The molecule has 0 spiro atoms. The number of hydrogen-bond acceptors (Lipinski definition) is 3. The van der Waals surface area contributed by atoms with Gasteiger partial charge in [0.25, 0.3) is 10.0 Å². The number of benzene rings is 2. The number of nitrogens with zero attached hydrogens (tertiary/aromatic N) is 1. The minimum atomic E-state index is -3.49. The van der Waals surface area contributed by atoms with Gasteiger partial charge in [0.2, 0.25) is 0 Å². The molecule has 25 heavy (non-hydrogen) atoms. The molecule has 0 unspecified atom stereocenters. The zero-order chi connectivity index (χ0) is 18.2. The zero-order valence-electron chi connectivity index (χ0n) is 14.5. The first-order chi connectivity index (χ1) is 11.7. The highest BCUT2D eigenvalue weighted by molar-refractivity contribution is 7.93. The summed E-state index contributed by atoms with van der Waals surface area (Å²) in [6, 6.07) is 11.0. The van der Waals surface area contributed by atoms with Gasteiger partial charge in [0.15, 0.2) is 0 Å². The Morgan fingerprint density at radius 1 is 1.08 bits per heavy atom. The van der Waals surface area contributed by atoms with E-state index < -0.39 is 21.4 Å². The molecule has 0 saturated carbocycles. The SMILES string of the molecule is CC(C)(CCCCCN1c2cccc3cccc(c23)S1(=O)=O)C(=O)O. The van der Waals surface area contributed by atoms with Crippen LogP contribution in [0.2, 0.25) is 0 Å². The van der Waals surface area contributed by atoms with Gasteiger partial charge < -0.3 is 5.11 Å². The van der Waals surface area contributed by atoms with Crippen LogP contribution < -0.4 is 4.31 Å². The van der Waals surface area contributed by atoms with E-state index in [0.29, 0.717) is 24.3 Å². The van der Waals surface area contributed by atoms with Crippen molar-refractivity contribution in [3.8, 4) is 0 Å². The van der Waals surface area contributed by atoms with Crippen LogP contribution in [-0.4, -0.2) is 26.0 Å². The lowest BCUT2D eigenvalue weighted by atomic mass is 9.87. The van der Waals surface area contributed by atoms with E-state index in [9.17, 15) is 13.2 Å². The largest absolute Gasteiger partial charge is 0.481 e. The Balaban J connectivity index is 1.69. The van der Waals surface area contributed by atoms with Crippen LogP contribution in [-0.2, 0) is 14.8 Å². The quantitative estimate of drug-likeness (QED) is 0.756. The maximum atomic E-state index is 12.8. The third-order valence-electron chi connectivity index (χ3n) is 4.92. The molecule has 0 aliphatic carbocycles. The molecular weight excluding hydrogens is 338 g/mol. The van der Waals surface area contributed by atoms with Gasteiger partial charge in [0, 0.05) is 11.9 Å². The van der Waals surface area contributed by atoms with E-state index in [1.807, 2.05) is 24.3 Å². The average molecular weight is 361 g/mol. The molecule has 0 aromatic heterocycles. The molecule has 0 radical (unpaired) electrons. The van der Waals surface area contributed by atoms with Gasteiger partial charge in [-0.05, 0) is 44.2 Å². The Morgan fingerprint density at radius 2 is 1.76 bits per heavy atom. The number of anilines is 1. The summed E-state index contributed by atoms with van der Waals surface area (Å²) in [4.78, 5) is 11.5. The number of sulfonamides is 1. The Labute approximate surface area is 148 Å². The van der Waals surface area contributed by atoms with Crippen LogP contribution in [0.1, 0.15) is 39.5 Å². The predicted octanol–water partition coefficient (Wildman–Crippen LogP) is 4.02. The first-order valence-corrected chi connectivity index (χ1v) is 9.97. The normalized spacial score (nSPS) is 15.7. The standard InChI is InChI=1S/C19H23NO4S/c1-19(2,18(21)22)12-4-3-5-13-20-15-10-6-8-14-9-7-11-16(17(14)15)25(20,23)24/h6-11H,3-5,12-13H2,1-2H3,(H,21,22). The maximum absolute atomic E-state index is 12.8. The smallest absolute Gasteiger partial charge is 0.309 e. The second-order valence-electron chi connectivity index (χ2n) is 7.21. The zero-order valence-corrected chi connectivity index (χ0v) is 15.3. The fourth-order valence-electron chi connectivity index (χ4n) is 3.31. The molecule has 1 aliphatic rings. The maximum Gasteiger partial charge on any atom is 0.309 e. The topological polar surface area (TPSA) is 74.7 Å². The molecule has 5 nitrogen and oxygen atoms in total. The van der Waals surface area contributed by atoms with Gasteiger partial charge in [0.05, 0.1) is 16.0 Å². The van der Waals surface area contributed by atoms with Crippen molar-refractivity contribution in [2.45, 2.75) is 44.4 Å². The first kappa shape index (κ1) is 17.7. The lowest BCUT2D eigenvalue weighted by Gasteiger charge is -2.20. The molecule has 0 amide bonds. The fourth-order valence-corrected chi connectivity index (χ4v) is 5.05. The van der Waals surface area contributed by atoms with Gasteiger partial charge in [-0.15, -0.1) is 0 Å². The molecular formula is C19H23NO4S. The Hall–Kier alpha value is -2.08. The summed E-state index contributed by atoms with van der Waals surface area (Å²) in [5.41, 5.74) is 0.0145. The van der Waals surface area contributed by atoms with Gasteiger partial charge in [-0.25, -0.2) is 8.42 Å². The Kier molecular flexibility index (Phi) is 4.49. The number of hydrogen-bond donors (Lipinski definition) is 1. The number of unbranched alkanes of at least 4 members (excludes halogenated alkanes) is 2. The molecule has 134 valence electrons. The van der Waals surface area contributed by atoms with Crippen LogP contribution in [0.25, 0.3) is 10.8 Å². The Bertz CT molecular complexity index is 913. The number of carboxylic acids is 1. The van der Waals surface area contributed by atoms with E-state index in [0.717, 1.165) is 29.3 Å². The number of rotatable bonds is 7. The van der Waals surface area contributed by atoms with Crippen molar-refractivity contribution in [3.05, 3.63) is 36.4 Å². The second kappa shape index (κ2) is 6.33. The predicted molar refractivity (Wildman–Crippen MR) is 98.4 cm³/mol. The van der Waals surface area contributed by atoms with Crippen molar-refractivity contribution >= 4 is 32.5 Å². The van der Waals surface area contributed by atoms with Crippen molar-refractivity contribution in [2.75, 3.05) is 10.8 Å². The monoisotopic (exact) mass is 361 g/mol. The lowest BCUT2D eigenvalue weighted by Crippen LogP contribution is -2.28. The average Bonchev–Trinajstić information content (AvgIpc) is 2.77. The van der Waals surface area contributed by atoms with Crippen molar-refractivity contribution in [1.82, 2.24) is 0 Å². The summed E-state index contributed by atoms with van der Waals surface area (Å²) in [5, 5.41) is 10.9. The van der Waals surface area contributed by atoms with Crippen molar-refractivity contribution in [2.24, 2.45) is 5.41 Å². The molecule has 2 aromatic carbocycles. The van der Waals surface area contributed by atoms with Gasteiger partial charge in [-0.3, -0.25) is 9.10 Å². The summed E-state index contributed by atoms with van der Waals surface area (Å²) in [6.45, 7) is 3.86. The second-order valence-corrected chi connectivity index (χ2v) is 9.04. The van der Waals surface area contributed by atoms with E-state index in [-0.39, 0.29) is 0 Å². The molecule has 0 atom stereocenters. The van der Waals surface area contributed by atoms with Crippen LogP contribution in [0.4, 0.5) is 5.69 Å². The summed E-state index contributed by atoms with van der Waals surface area (Å²) in [6.07, 6.45) is 2.86. The summed E-state index contributed by atoms with van der Waals surface area (Å²) >= 11 is 0. The van der Waals surface area contributed by atoms with Gasteiger partial charge in [0.1, 0.15) is 0 Å². The highest BCUT2D eigenvalue weighted by atomic mass is 32.2. The lowest BCUT2D eigenvalue weighted by molar-refractivity contribution is -0.147. The summed E-state index contributed by atoms with van der Waals surface area (Å²) in [5.74, 6) is -0.795. The molecule has 0 saturated heterocycles. The van der Waals surface area contributed by atoms with Gasteiger partial charge >= 0.3 is 5.97 Å². The van der Waals surface area contributed by atoms with Crippen LogP contribution in [0, 0.1) is 5.41 Å². The number of carboxylic acid groups (broad SMARTS) is 1. The highest BCUT2D eigenvalue weighted by Gasteiger charge is 2.35. The van der Waals surface area contributed by atoms with Crippen LogP contribution in [0.15, 0.2) is 41.3 Å². The van der Waals surface area contributed by atoms with E-state index in [1.165, 1.54) is 4.31 Å². The van der Waals surface area contributed by atoms with Crippen LogP contribution in [0.5, 0.6) is 0 Å². The first-order valence-electron chi connectivity index (χ1n) is 8.53. The molecule has 2 aromatic rings. The minimum Gasteiger partial charge on any atom is -0.481 e. The minimum absolute atomic E-state index is 0.382. The van der Waals surface area contributed by atoms with Gasteiger partial charge in [-0.1, -0.05) is 37.1 Å². The molecule has 0 bridgehead atoms. The third kappa shape index (κ3) is 3.11.